The molecule has 7 nitrogen and oxygen atoms in total. The van der Waals surface area contributed by atoms with Crippen LogP contribution in [0.1, 0.15) is 37.8 Å². The lowest BCUT2D eigenvalue weighted by atomic mass is 10.1. The van der Waals surface area contributed by atoms with Crippen LogP contribution in [0.15, 0.2) is 77.7 Å². The highest BCUT2D eigenvalue weighted by Crippen LogP contribution is 2.25. The number of hydrogen-bond acceptors (Lipinski definition) is 4. The van der Waals surface area contributed by atoms with Gasteiger partial charge >= 0.3 is 0 Å². The summed E-state index contributed by atoms with van der Waals surface area (Å²) in [5.41, 5.74) is 1.51. The van der Waals surface area contributed by atoms with Crippen molar-refractivity contribution in [2.24, 2.45) is 0 Å². The Balaban J connectivity index is 1.98. The largest absolute Gasteiger partial charge is 0.354 e. The van der Waals surface area contributed by atoms with Crippen LogP contribution < -0.4 is 9.62 Å². The molecule has 0 bridgehead atoms. The number of aryl methyl sites for hydroxylation is 1. The quantitative estimate of drug-likeness (QED) is 0.324. The van der Waals surface area contributed by atoms with Crippen molar-refractivity contribution < 1.29 is 26.8 Å². The Labute approximate surface area is 228 Å². The standard InChI is InChI=1S/C29H33F2N3O4S/c1-4-5-18-32-29(36)22(3)33(19-23-8-10-24(30)11-9-23)28(35)20-34(26-14-12-25(31)13-15-26)39(37,38)27-16-6-21(2)7-17-27/h6-17,22H,4-5,18-20H2,1-3H3,(H,32,36). The number of sulfonamides is 1. The topological polar surface area (TPSA) is 86.8 Å². The Bertz CT molecular complexity index is 1360. The highest BCUT2D eigenvalue weighted by molar-refractivity contribution is 7.92. The summed E-state index contributed by atoms with van der Waals surface area (Å²) in [6, 6.07) is 15.5. The van der Waals surface area contributed by atoms with Crippen molar-refractivity contribution in [3.63, 3.8) is 0 Å². The first-order valence-electron chi connectivity index (χ1n) is 12.7. The molecule has 0 radical (unpaired) electrons. The normalized spacial score (nSPS) is 12.0. The third-order valence-electron chi connectivity index (χ3n) is 6.27. The number of nitrogens with one attached hydrogen (secondary N) is 1. The predicted molar refractivity (Wildman–Crippen MR) is 146 cm³/mol. The lowest BCUT2D eigenvalue weighted by Gasteiger charge is -2.32. The Kier molecular flexibility index (Phi) is 10.2. The molecule has 0 aliphatic carbocycles. The van der Waals surface area contributed by atoms with E-state index in [-0.39, 0.29) is 17.1 Å². The molecule has 3 aromatic carbocycles. The Hall–Kier alpha value is -3.79. The van der Waals surface area contributed by atoms with Crippen LogP contribution in [-0.4, -0.2) is 44.3 Å². The zero-order valence-corrected chi connectivity index (χ0v) is 23.0. The maximum Gasteiger partial charge on any atom is 0.264 e. The van der Waals surface area contributed by atoms with E-state index < -0.39 is 46.1 Å². The summed E-state index contributed by atoms with van der Waals surface area (Å²) in [6.07, 6.45) is 1.63. The Morgan fingerprint density at radius 2 is 1.46 bits per heavy atom. The molecular formula is C29H33F2N3O4S. The van der Waals surface area contributed by atoms with Gasteiger partial charge in [0.1, 0.15) is 24.2 Å². The minimum atomic E-state index is -4.24. The van der Waals surface area contributed by atoms with E-state index in [4.69, 9.17) is 0 Å². The van der Waals surface area contributed by atoms with Crippen molar-refractivity contribution in [3.8, 4) is 0 Å². The molecule has 2 amide bonds. The van der Waals surface area contributed by atoms with E-state index in [1.54, 1.807) is 19.1 Å². The summed E-state index contributed by atoms with van der Waals surface area (Å²) < 4.78 is 55.5. The molecule has 10 heteroatoms. The molecule has 3 aromatic rings. The van der Waals surface area contributed by atoms with Gasteiger partial charge in [-0.3, -0.25) is 13.9 Å². The van der Waals surface area contributed by atoms with E-state index in [9.17, 15) is 26.8 Å². The van der Waals surface area contributed by atoms with Crippen LogP contribution in [0.4, 0.5) is 14.5 Å². The fraction of sp³-hybridized carbons (Fsp3) is 0.310. The highest BCUT2D eigenvalue weighted by Gasteiger charge is 2.32. The van der Waals surface area contributed by atoms with Crippen LogP contribution in [0.3, 0.4) is 0 Å². The van der Waals surface area contributed by atoms with Gasteiger partial charge < -0.3 is 10.2 Å². The number of nitrogens with zero attached hydrogens (tertiary/aromatic N) is 2. The molecule has 1 N–H and O–H groups in total. The molecule has 39 heavy (non-hydrogen) atoms. The first kappa shape index (κ1) is 29.8. The molecule has 208 valence electrons. The predicted octanol–water partition coefficient (Wildman–Crippen LogP) is 4.80. The second-order valence-electron chi connectivity index (χ2n) is 9.27. The molecule has 0 aliphatic heterocycles. The number of halogens is 2. The number of hydrogen-bond donors (Lipinski definition) is 1. The number of anilines is 1. The minimum Gasteiger partial charge on any atom is -0.354 e. The number of carbonyl (C=O) groups excluding carboxylic acids is 2. The maximum atomic E-state index is 13.8. The summed E-state index contributed by atoms with van der Waals surface area (Å²) in [7, 11) is -4.24. The fourth-order valence-electron chi connectivity index (χ4n) is 3.88. The van der Waals surface area contributed by atoms with Gasteiger partial charge in [-0.05, 0) is 74.4 Å². The molecule has 0 spiro atoms. The lowest BCUT2D eigenvalue weighted by Crippen LogP contribution is -2.51. The van der Waals surface area contributed by atoms with Gasteiger partial charge in [0.05, 0.1) is 10.6 Å². The van der Waals surface area contributed by atoms with Gasteiger partial charge in [0.2, 0.25) is 11.8 Å². The first-order chi connectivity index (χ1) is 18.5. The summed E-state index contributed by atoms with van der Waals surface area (Å²) in [4.78, 5) is 27.9. The second kappa shape index (κ2) is 13.3. The van der Waals surface area contributed by atoms with E-state index in [2.05, 4.69) is 5.32 Å². The second-order valence-corrected chi connectivity index (χ2v) is 11.1. The Morgan fingerprint density at radius 3 is 2.03 bits per heavy atom. The van der Waals surface area contributed by atoms with Crippen molar-refractivity contribution in [2.75, 3.05) is 17.4 Å². The van der Waals surface area contributed by atoms with Crippen molar-refractivity contribution in [3.05, 3.63) is 95.6 Å². The number of carbonyl (C=O) groups is 2. The van der Waals surface area contributed by atoms with Gasteiger partial charge in [-0.25, -0.2) is 17.2 Å². The molecule has 0 aliphatic rings. The van der Waals surface area contributed by atoms with Crippen LogP contribution in [0.5, 0.6) is 0 Å². The van der Waals surface area contributed by atoms with Crippen LogP contribution >= 0.6 is 0 Å². The monoisotopic (exact) mass is 557 g/mol. The van der Waals surface area contributed by atoms with Gasteiger partial charge in [0, 0.05) is 13.1 Å². The molecular weight excluding hydrogens is 524 g/mol. The third-order valence-corrected chi connectivity index (χ3v) is 8.05. The van der Waals surface area contributed by atoms with Crippen LogP contribution in [0.2, 0.25) is 0 Å². The zero-order chi connectivity index (χ0) is 28.6. The summed E-state index contributed by atoms with van der Waals surface area (Å²) in [6.45, 7) is 5.09. The number of amides is 2. The van der Waals surface area contributed by atoms with Crippen molar-refractivity contribution in [2.45, 2.75) is 51.1 Å². The van der Waals surface area contributed by atoms with E-state index >= 15 is 0 Å². The van der Waals surface area contributed by atoms with Crippen molar-refractivity contribution in [1.29, 1.82) is 0 Å². The molecule has 0 saturated carbocycles. The third kappa shape index (κ3) is 7.86. The van der Waals surface area contributed by atoms with Gasteiger partial charge in [-0.2, -0.15) is 0 Å². The number of rotatable bonds is 12. The first-order valence-corrected chi connectivity index (χ1v) is 14.1. The van der Waals surface area contributed by atoms with Crippen LogP contribution in [0, 0.1) is 18.6 Å². The summed E-state index contributed by atoms with van der Waals surface area (Å²) >= 11 is 0. The van der Waals surface area contributed by atoms with Gasteiger partial charge in [0.25, 0.3) is 10.0 Å². The molecule has 1 unspecified atom stereocenters. The van der Waals surface area contributed by atoms with E-state index in [1.807, 2.05) is 13.8 Å². The summed E-state index contributed by atoms with van der Waals surface area (Å²) in [5, 5.41) is 2.80. The number of benzene rings is 3. The average Bonchev–Trinajstić information content (AvgIpc) is 2.91. The van der Waals surface area contributed by atoms with Gasteiger partial charge in [0.15, 0.2) is 0 Å². The van der Waals surface area contributed by atoms with Crippen LogP contribution in [-0.2, 0) is 26.2 Å². The number of unbranched alkanes of at least 4 members (excludes halogenated alkanes) is 1. The molecule has 0 saturated heterocycles. The van der Waals surface area contributed by atoms with E-state index in [0.29, 0.717) is 12.1 Å². The van der Waals surface area contributed by atoms with Gasteiger partial charge in [-0.15, -0.1) is 0 Å². The SMILES string of the molecule is CCCCNC(=O)C(C)N(Cc1ccc(F)cc1)C(=O)CN(c1ccc(F)cc1)S(=O)(=O)c1ccc(C)cc1. The van der Waals surface area contributed by atoms with Crippen LogP contribution in [0.25, 0.3) is 0 Å². The van der Waals surface area contributed by atoms with E-state index in [0.717, 1.165) is 34.8 Å². The lowest BCUT2D eigenvalue weighted by molar-refractivity contribution is -0.139. The average molecular weight is 558 g/mol. The molecule has 0 aromatic heterocycles. The fourth-order valence-corrected chi connectivity index (χ4v) is 5.29. The molecule has 3 rings (SSSR count). The maximum absolute atomic E-state index is 13.8. The molecule has 0 heterocycles. The molecule has 1 atom stereocenters. The minimum absolute atomic E-state index is 0.0410. The molecule has 0 fully saturated rings. The smallest absolute Gasteiger partial charge is 0.264 e. The Morgan fingerprint density at radius 1 is 0.897 bits per heavy atom. The van der Waals surface area contributed by atoms with Gasteiger partial charge in [-0.1, -0.05) is 43.2 Å². The van der Waals surface area contributed by atoms with Crippen molar-refractivity contribution in [1.82, 2.24) is 10.2 Å². The van der Waals surface area contributed by atoms with Crippen molar-refractivity contribution >= 4 is 27.5 Å². The highest BCUT2D eigenvalue weighted by atomic mass is 32.2. The summed E-state index contributed by atoms with van der Waals surface area (Å²) in [5.74, 6) is -2.06. The zero-order valence-electron chi connectivity index (χ0n) is 22.2. The van der Waals surface area contributed by atoms with E-state index in [1.165, 1.54) is 53.4 Å².